The predicted molar refractivity (Wildman–Crippen MR) is 70.5 cm³/mol. The van der Waals surface area contributed by atoms with Crippen molar-refractivity contribution in [3.8, 4) is 0 Å². The monoisotopic (exact) mass is 215 g/mol. The second-order valence-corrected chi connectivity index (χ2v) is 4.81. The van der Waals surface area contributed by atoms with Gasteiger partial charge in [-0.05, 0) is 38.9 Å². The highest BCUT2D eigenvalue weighted by Gasteiger charge is 2.15. The second-order valence-electron chi connectivity index (χ2n) is 4.81. The maximum Gasteiger partial charge on any atom is 0.0278 e. The molecule has 86 valence electrons. The van der Waals surface area contributed by atoms with Gasteiger partial charge in [0.25, 0.3) is 0 Å². The summed E-state index contributed by atoms with van der Waals surface area (Å²) in [5.41, 5.74) is 2.64. The van der Waals surface area contributed by atoms with Crippen molar-refractivity contribution in [2.45, 2.75) is 32.2 Å². The molecule has 0 bridgehead atoms. The normalized spacial score (nSPS) is 22.8. The van der Waals surface area contributed by atoms with Crippen molar-refractivity contribution in [3.05, 3.63) is 41.5 Å². The molecule has 1 aliphatic rings. The standard InChI is InChI=1S/C15H21N/c1-13-6-8-14(9-7-13)10-11-15-5-3-4-12-16(15)2/h6-11,15H,3-5,12H2,1-2H3. The van der Waals surface area contributed by atoms with Crippen molar-refractivity contribution < 1.29 is 0 Å². The molecule has 1 aliphatic heterocycles. The fraction of sp³-hybridized carbons (Fsp3) is 0.467. The average Bonchev–Trinajstić information content (AvgIpc) is 2.30. The molecule has 0 radical (unpaired) electrons. The summed E-state index contributed by atoms with van der Waals surface area (Å²) in [6.45, 7) is 3.37. The minimum Gasteiger partial charge on any atom is -0.300 e. The van der Waals surface area contributed by atoms with Crippen LogP contribution in [0.5, 0.6) is 0 Å². The Bertz CT molecular complexity index is 350. The number of likely N-dealkylation sites (N-methyl/N-ethyl adjacent to an activating group) is 1. The highest BCUT2D eigenvalue weighted by molar-refractivity contribution is 5.50. The van der Waals surface area contributed by atoms with Crippen LogP contribution in [0.1, 0.15) is 30.4 Å². The number of likely N-dealkylation sites (tertiary alicyclic amines) is 1. The first-order valence-electron chi connectivity index (χ1n) is 6.21. The largest absolute Gasteiger partial charge is 0.300 e. The Kier molecular flexibility index (Phi) is 3.79. The molecule has 0 N–H and O–H groups in total. The maximum atomic E-state index is 2.45. The lowest BCUT2D eigenvalue weighted by Gasteiger charge is -2.30. The number of hydrogen-bond acceptors (Lipinski definition) is 1. The van der Waals surface area contributed by atoms with E-state index in [0.29, 0.717) is 6.04 Å². The average molecular weight is 215 g/mol. The van der Waals surface area contributed by atoms with E-state index in [1.54, 1.807) is 0 Å². The Morgan fingerprint density at radius 3 is 2.62 bits per heavy atom. The van der Waals surface area contributed by atoms with E-state index in [2.05, 4.69) is 55.3 Å². The smallest absolute Gasteiger partial charge is 0.0278 e. The summed E-state index contributed by atoms with van der Waals surface area (Å²) in [5.74, 6) is 0. The van der Waals surface area contributed by atoms with E-state index in [1.165, 1.54) is 36.9 Å². The molecule has 0 aliphatic carbocycles. The Balaban J connectivity index is 2.00. The van der Waals surface area contributed by atoms with Gasteiger partial charge in [-0.3, -0.25) is 4.90 Å². The van der Waals surface area contributed by atoms with Gasteiger partial charge in [-0.15, -0.1) is 0 Å². The van der Waals surface area contributed by atoms with E-state index in [-0.39, 0.29) is 0 Å². The second kappa shape index (κ2) is 5.31. The quantitative estimate of drug-likeness (QED) is 0.730. The van der Waals surface area contributed by atoms with E-state index >= 15 is 0 Å². The number of nitrogens with zero attached hydrogens (tertiary/aromatic N) is 1. The molecule has 1 atom stereocenters. The zero-order chi connectivity index (χ0) is 11.4. The van der Waals surface area contributed by atoms with Gasteiger partial charge in [0.1, 0.15) is 0 Å². The first kappa shape index (κ1) is 11.4. The fourth-order valence-corrected chi connectivity index (χ4v) is 2.24. The van der Waals surface area contributed by atoms with E-state index in [9.17, 15) is 0 Å². The van der Waals surface area contributed by atoms with Crippen LogP contribution in [-0.2, 0) is 0 Å². The molecule has 1 aromatic rings. The van der Waals surface area contributed by atoms with Crippen LogP contribution in [0.2, 0.25) is 0 Å². The maximum absolute atomic E-state index is 2.45. The van der Waals surface area contributed by atoms with Crippen LogP contribution < -0.4 is 0 Å². The Morgan fingerprint density at radius 2 is 1.94 bits per heavy atom. The molecule has 2 rings (SSSR count). The number of benzene rings is 1. The van der Waals surface area contributed by atoms with Crippen LogP contribution in [-0.4, -0.2) is 24.5 Å². The van der Waals surface area contributed by atoms with Crippen LogP contribution in [0.3, 0.4) is 0 Å². The molecular formula is C15H21N. The molecule has 1 aromatic carbocycles. The zero-order valence-electron chi connectivity index (χ0n) is 10.3. The van der Waals surface area contributed by atoms with E-state index in [4.69, 9.17) is 0 Å². The van der Waals surface area contributed by atoms with Gasteiger partial charge in [-0.2, -0.15) is 0 Å². The molecule has 1 heteroatoms. The molecular weight excluding hydrogens is 194 g/mol. The van der Waals surface area contributed by atoms with E-state index in [0.717, 1.165) is 0 Å². The Morgan fingerprint density at radius 1 is 1.19 bits per heavy atom. The van der Waals surface area contributed by atoms with Crippen LogP contribution in [0.4, 0.5) is 0 Å². The van der Waals surface area contributed by atoms with Gasteiger partial charge in [0.05, 0.1) is 0 Å². The topological polar surface area (TPSA) is 3.24 Å². The Labute approximate surface area is 98.8 Å². The highest BCUT2D eigenvalue weighted by Crippen LogP contribution is 2.17. The lowest BCUT2D eigenvalue weighted by molar-refractivity contribution is 0.222. The third-order valence-electron chi connectivity index (χ3n) is 3.42. The van der Waals surface area contributed by atoms with Crippen LogP contribution in [0, 0.1) is 6.92 Å². The van der Waals surface area contributed by atoms with E-state index in [1.807, 2.05) is 0 Å². The van der Waals surface area contributed by atoms with Crippen LogP contribution >= 0.6 is 0 Å². The first-order valence-corrected chi connectivity index (χ1v) is 6.21. The minimum atomic E-state index is 0.634. The SMILES string of the molecule is Cc1ccc(C=CC2CCCCN2C)cc1. The molecule has 1 nitrogen and oxygen atoms in total. The fourth-order valence-electron chi connectivity index (χ4n) is 2.24. The van der Waals surface area contributed by atoms with Gasteiger partial charge in [0.2, 0.25) is 0 Å². The first-order chi connectivity index (χ1) is 7.75. The minimum absolute atomic E-state index is 0.634. The Hall–Kier alpha value is -1.08. The van der Waals surface area contributed by atoms with Crippen molar-refractivity contribution in [1.82, 2.24) is 4.90 Å². The van der Waals surface area contributed by atoms with Crippen molar-refractivity contribution >= 4 is 6.08 Å². The number of rotatable bonds is 2. The number of aryl methyl sites for hydroxylation is 1. The summed E-state index contributed by atoms with van der Waals surface area (Å²) in [6.07, 6.45) is 8.63. The van der Waals surface area contributed by atoms with Crippen molar-refractivity contribution in [1.29, 1.82) is 0 Å². The lowest BCUT2D eigenvalue weighted by atomic mass is 10.0. The molecule has 0 saturated carbocycles. The molecule has 1 fully saturated rings. The van der Waals surface area contributed by atoms with Gasteiger partial charge in [0.15, 0.2) is 0 Å². The number of piperidine rings is 1. The zero-order valence-corrected chi connectivity index (χ0v) is 10.3. The van der Waals surface area contributed by atoms with Gasteiger partial charge in [-0.1, -0.05) is 48.4 Å². The van der Waals surface area contributed by atoms with Gasteiger partial charge in [-0.25, -0.2) is 0 Å². The molecule has 0 spiro atoms. The van der Waals surface area contributed by atoms with E-state index < -0.39 is 0 Å². The number of hydrogen-bond donors (Lipinski definition) is 0. The van der Waals surface area contributed by atoms with Crippen LogP contribution in [0.15, 0.2) is 30.3 Å². The van der Waals surface area contributed by atoms with Crippen LogP contribution in [0.25, 0.3) is 6.08 Å². The summed E-state index contributed by atoms with van der Waals surface area (Å²) in [5, 5.41) is 0. The summed E-state index contributed by atoms with van der Waals surface area (Å²) in [6, 6.07) is 9.35. The van der Waals surface area contributed by atoms with Gasteiger partial charge >= 0.3 is 0 Å². The summed E-state index contributed by atoms with van der Waals surface area (Å²) in [4.78, 5) is 2.45. The van der Waals surface area contributed by atoms with Crippen molar-refractivity contribution in [3.63, 3.8) is 0 Å². The summed E-state index contributed by atoms with van der Waals surface area (Å²) in [7, 11) is 2.23. The molecule has 1 saturated heterocycles. The van der Waals surface area contributed by atoms with Gasteiger partial charge < -0.3 is 0 Å². The third-order valence-corrected chi connectivity index (χ3v) is 3.42. The molecule has 1 unspecified atom stereocenters. The molecule has 0 aromatic heterocycles. The van der Waals surface area contributed by atoms with Crippen molar-refractivity contribution in [2.75, 3.05) is 13.6 Å². The lowest BCUT2D eigenvalue weighted by Crippen LogP contribution is -2.34. The van der Waals surface area contributed by atoms with Crippen molar-refractivity contribution in [2.24, 2.45) is 0 Å². The summed E-state index contributed by atoms with van der Waals surface area (Å²) < 4.78 is 0. The predicted octanol–water partition coefficient (Wildman–Crippen LogP) is 3.49. The van der Waals surface area contributed by atoms with Gasteiger partial charge in [0, 0.05) is 6.04 Å². The highest BCUT2D eigenvalue weighted by atomic mass is 15.1. The molecule has 16 heavy (non-hydrogen) atoms. The third kappa shape index (κ3) is 2.96. The summed E-state index contributed by atoms with van der Waals surface area (Å²) >= 11 is 0. The molecule has 0 amide bonds. The molecule has 1 heterocycles.